The summed E-state index contributed by atoms with van der Waals surface area (Å²) < 4.78 is 42.4. The largest absolute Gasteiger partial charge is 0.389 e. The van der Waals surface area contributed by atoms with Crippen LogP contribution in [0.4, 0.5) is 13.2 Å². The van der Waals surface area contributed by atoms with E-state index in [1.807, 2.05) is 26.0 Å². The molecule has 0 spiro atoms. The minimum Gasteiger partial charge on any atom is -0.381 e. The maximum Gasteiger partial charge on any atom is 0.389 e. The fourth-order valence-electron chi connectivity index (χ4n) is 2.66. The first-order valence-electron chi connectivity index (χ1n) is 7.51. The monoisotopic (exact) mass is 301 g/mol. The average molecular weight is 301 g/mol. The van der Waals surface area contributed by atoms with E-state index in [1.54, 1.807) is 0 Å². The van der Waals surface area contributed by atoms with E-state index in [0.29, 0.717) is 13.0 Å². The molecule has 2 rings (SSSR count). The van der Waals surface area contributed by atoms with Crippen LogP contribution in [0.3, 0.4) is 0 Å². The molecule has 0 saturated carbocycles. The lowest BCUT2D eigenvalue weighted by Crippen LogP contribution is -2.11. The zero-order chi connectivity index (χ0) is 15.5. The molecule has 1 aromatic rings. The number of nitrogens with zero attached hydrogens (tertiary/aromatic N) is 1. The Morgan fingerprint density at radius 1 is 1.33 bits per heavy atom. The molecule has 1 fully saturated rings. The highest BCUT2D eigenvalue weighted by Gasteiger charge is 2.27. The molecule has 0 aromatic carbocycles. The fraction of sp³-hybridized carbons (Fsp3) is 0.688. The molecule has 0 unspecified atom stereocenters. The first-order valence-corrected chi connectivity index (χ1v) is 7.51. The van der Waals surface area contributed by atoms with Crippen LogP contribution in [0, 0.1) is 0 Å². The number of aryl methyl sites for hydroxylation is 1. The standard InChI is InChI=1S/C16H22F3NO/c1-11(2)14-6-5-13(12-7-9-21-10-12)15(20-14)4-3-8-16(17,18)19/h5-6,11-12H,3-4,7-10H2,1-2H3/t12-/m1/s1. The van der Waals surface area contributed by atoms with Crippen molar-refractivity contribution in [2.75, 3.05) is 13.2 Å². The molecule has 0 N–H and O–H groups in total. The highest BCUT2D eigenvalue weighted by Crippen LogP contribution is 2.30. The summed E-state index contributed by atoms with van der Waals surface area (Å²) in [4.78, 5) is 4.61. The van der Waals surface area contributed by atoms with Crippen molar-refractivity contribution < 1.29 is 17.9 Å². The van der Waals surface area contributed by atoms with Crippen LogP contribution in [-0.2, 0) is 11.2 Å². The molecule has 0 radical (unpaired) electrons. The van der Waals surface area contributed by atoms with Gasteiger partial charge in [-0.25, -0.2) is 0 Å². The van der Waals surface area contributed by atoms with E-state index in [0.717, 1.165) is 30.0 Å². The van der Waals surface area contributed by atoms with Crippen LogP contribution in [-0.4, -0.2) is 24.4 Å². The molecule has 0 amide bonds. The van der Waals surface area contributed by atoms with Crippen LogP contribution in [0.25, 0.3) is 0 Å². The van der Waals surface area contributed by atoms with Crippen molar-refractivity contribution in [3.8, 4) is 0 Å². The number of hydrogen-bond acceptors (Lipinski definition) is 2. The number of alkyl halides is 3. The molecule has 118 valence electrons. The summed E-state index contributed by atoms with van der Waals surface area (Å²) in [6.07, 6.45) is -3.44. The van der Waals surface area contributed by atoms with Crippen molar-refractivity contribution in [1.82, 2.24) is 4.98 Å². The Hall–Kier alpha value is -1.10. The zero-order valence-electron chi connectivity index (χ0n) is 12.5. The average Bonchev–Trinajstić information content (AvgIpc) is 2.90. The smallest absolute Gasteiger partial charge is 0.381 e. The van der Waals surface area contributed by atoms with E-state index >= 15 is 0 Å². The molecule has 1 atom stereocenters. The summed E-state index contributed by atoms with van der Waals surface area (Å²) in [7, 11) is 0. The molecular weight excluding hydrogens is 279 g/mol. The highest BCUT2D eigenvalue weighted by molar-refractivity contribution is 5.29. The Morgan fingerprint density at radius 2 is 2.10 bits per heavy atom. The van der Waals surface area contributed by atoms with Crippen molar-refractivity contribution >= 4 is 0 Å². The second-order valence-electron chi connectivity index (χ2n) is 5.96. The normalized spacial score (nSPS) is 19.4. The van der Waals surface area contributed by atoms with Crippen LogP contribution in [0.2, 0.25) is 0 Å². The summed E-state index contributed by atoms with van der Waals surface area (Å²) >= 11 is 0. The van der Waals surface area contributed by atoms with Gasteiger partial charge in [-0.15, -0.1) is 0 Å². The first-order chi connectivity index (χ1) is 9.87. The van der Waals surface area contributed by atoms with Gasteiger partial charge in [-0.05, 0) is 36.8 Å². The van der Waals surface area contributed by atoms with Crippen LogP contribution in [0.1, 0.15) is 61.9 Å². The van der Waals surface area contributed by atoms with Crippen LogP contribution >= 0.6 is 0 Å². The van der Waals surface area contributed by atoms with Gasteiger partial charge in [0.15, 0.2) is 0 Å². The van der Waals surface area contributed by atoms with Gasteiger partial charge in [0.2, 0.25) is 0 Å². The zero-order valence-corrected chi connectivity index (χ0v) is 12.5. The molecule has 1 saturated heterocycles. The minimum atomic E-state index is -4.09. The van der Waals surface area contributed by atoms with Gasteiger partial charge in [0.1, 0.15) is 0 Å². The number of halogens is 3. The summed E-state index contributed by atoms with van der Waals surface area (Å²) in [5.41, 5.74) is 2.83. The van der Waals surface area contributed by atoms with Gasteiger partial charge >= 0.3 is 6.18 Å². The second-order valence-corrected chi connectivity index (χ2v) is 5.96. The topological polar surface area (TPSA) is 22.1 Å². The summed E-state index contributed by atoms with van der Waals surface area (Å²) in [5.74, 6) is 0.555. The number of ether oxygens (including phenoxy) is 1. The second kappa shape index (κ2) is 6.77. The molecule has 1 aromatic heterocycles. The van der Waals surface area contributed by atoms with Crippen molar-refractivity contribution in [2.24, 2.45) is 0 Å². The molecular formula is C16H22F3NO. The Bertz CT molecular complexity index is 465. The predicted molar refractivity (Wildman–Crippen MR) is 75.5 cm³/mol. The van der Waals surface area contributed by atoms with Gasteiger partial charge in [0.25, 0.3) is 0 Å². The summed E-state index contributed by atoms with van der Waals surface area (Å²) in [6, 6.07) is 4.02. The van der Waals surface area contributed by atoms with Gasteiger partial charge in [0, 0.05) is 30.3 Å². The molecule has 1 aliphatic rings. The lowest BCUT2D eigenvalue weighted by atomic mass is 9.93. The number of hydrogen-bond donors (Lipinski definition) is 0. The van der Waals surface area contributed by atoms with Gasteiger partial charge in [-0.1, -0.05) is 19.9 Å². The SMILES string of the molecule is CC(C)c1ccc([C@@H]2CCOC2)c(CCCC(F)(F)F)n1. The lowest BCUT2D eigenvalue weighted by Gasteiger charge is -2.16. The van der Waals surface area contributed by atoms with Gasteiger partial charge < -0.3 is 4.74 Å². The van der Waals surface area contributed by atoms with Crippen molar-refractivity contribution in [3.63, 3.8) is 0 Å². The van der Waals surface area contributed by atoms with Gasteiger partial charge in [-0.3, -0.25) is 4.98 Å². The van der Waals surface area contributed by atoms with E-state index in [9.17, 15) is 13.2 Å². The number of pyridine rings is 1. The minimum absolute atomic E-state index is 0.0959. The third-order valence-corrected chi connectivity index (χ3v) is 3.87. The Kier molecular flexibility index (Phi) is 5.25. The third-order valence-electron chi connectivity index (χ3n) is 3.87. The molecule has 21 heavy (non-hydrogen) atoms. The first kappa shape index (κ1) is 16.3. The fourth-order valence-corrected chi connectivity index (χ4v) is 2.66. The quantitative estimate of drug-likeness (QED) is 0.793. The van der Waals surface area contributed by atoms with Crippen molar-refractivity contribution in [1.29, 1.82) is 0 Å². The van der Waals surface area contributed by atoms with E-state index < -0.39 is 12.6 Å². The third kappa shape index (κ3) is 4.70. The molecule has 1 aliphatic heterocycles. The van der Waals surface area contributed by atoms with Gasteiger partial charge in [0.05, 0.1) is 6.61 Å². The van der Waals surface area contributed by atoms with E-state index in [-0.39, 0.29) is 18.3 Å². The maximum absolute atomic E-state index is 12.3. The van der Waals surface area contributed by atoms with Crippen LogP contribution in [0.15, 0.2) is 12.1 Å². The number of aromatic nitrogens is 1. The van der Waals surface area contributed by atoms with Crippen molar-refractivity contribution in [3.05, 3.63) is 29.1 Å². The predicted octanol–water partition coefficient (Wildman–Crippen LogP) is 4.59. The van der Waals surface area contributed by atoms with E-state index in [2.05, 4.69) is 4.98 Å². The lowest BCUT2D eigenvalue weighted by molar-refractivity contribution is -0.135. The molecule has 2 nitrogen and oxygen atoms in total. The van der Waals surface area contributed by atoms with Crippen LogP contribution in [0.5, 0.6) is 0 Å². The Balaban J connectivity index is 2.15. The van der Waals surface area contributed by atoms with E-state index in [4.69, 9.17) is 4.74 Å². The maximum atomic E-state index is 12.3. The summed E-state index contributed by atoms with van der Waals surface area (Å²) in [5, 5.41) is 0. The molecule has 5 heteroatoms. The van der Waals surface area contributed by atoms with Crippen LogP contribution < -0.4 is 0 Å². The Labute approximate surface area is 123 Å². The van der Waals surface area contributed by atoms with Gasteiger partial charge in [-0.2, -0.15) is 13.2 Å². The van der Waals surface area contributed by atoms with Crippen molar-refractivity contribution in [2.45, 2.75) is 57.5 Å². The summed E-state index contributed by atoms with van der Waals surface area (Å²) in [6.45, 7) is 5.45. The Morgan fingerprint density at radius 3 is 2.67 bits per heavy atom. The highest BCUT2D eigenvalue weighted by atomic mass is 19.4. The molecule has 0 bridgehead atoms. The molecule has 0 aliphatic carbocycles. The number of rotatable bonds is 5. The molecule has 2 heterocycles. The van der Waals surface area contributed by atoms with E-state index in [1.165, 1.54) is 0 Å².